The van der Waals surface area contributed by atoms with E-state index in [9.17, 15) is 10.1 Å². The Bertz CT molecular complexity index is 5270. The first-order valence-corrected chi connectivity index (χ1v) is 36.7. The van der Waals surface area contributed by atoms with Gasteiger partial charge in [-0.15, -0.1) is 0 Å². The van der Waals surface area contributed by atoms with E-state index in [0.29, 0.717) is 11.1 Å². The van der Waals surface area contributed by atoms with Crippen LogP contribution in [-0.4, -0.2) is 31.3 Å². The Hall–Kier alpha value is -9.64. The molecule has 0 radical (unpaired) electrons. The third-order valence-corrected chi connectivity index (χ3v) is 22.0. The van der Waals surface area contributed by atoms with Crippen molar-refractivity contribution in [1.82, 2.24) is 18.3 Å². The summed E-state index contributed by atoms with van der Waals surface area (Å²) >= 11 is 0. The highest BCUT2D eigenvalue weighted by Gasteiger charge is 2.38. The van der Waals surface area contributed by atoms with Gasteiger partial charge in [0.2, 0.25) is 0 Å². The van der Waals surface area contributed by atoms with Crippen molar-refractivity contribution in [3.63, 3.8) is 0 Å². The third kappa shape index (κ3) is 11.3. The summed E-state index contributed by atoms with van der Waals surface area (Å²) < 4.78 is 15.5. The van der Waals surface area contributed by atoms with Crippen molar-refractivity contribution in [1.29, 1.82) is 5.26 Å². The van der Waals surface area contributed by atoms with Gasteiger partial charge in [0.05, 0.1) is 79.6 Å². The zero-order chi connectivity index (χ0) is 73.6. The molecule has 0 bridgehead atoms. The van der Waals surface area contributed by atoms with Crippen LogP contribution in [0, 0.1) is 11.3 Å². The molecule has 0 amide bonds. The number of methoxy groups -OCH3 is 1. The largest absolute Gasteiger partial charge is 0.465 e. The quantitative estimate of drug-likeness (QED) is 0.156. The van der Waals surface area contributed by atoms with Crippen LogP contribution < -0.4 is 0 Å². The van der Waals surface area contributed by atoms with E-state index in [1.54, 1.807) is 0 Å². The molecule has 0 N–H and O–H groups in total. The highest BCUT2D eigenvalue weighted by Crippen LogP contribution is 2.54. The van der Waals surface area contributed by atoms with E-state index in [0.717, 1.165) is 121 Å². The van der Waals surface area contributed by atoms with Gasteiger partial charge in [-0.2, -0.15) is 5.26 Å². The molecule has 10 aromatic carbocycles. The topological polar surface area (TPSA) is 69.8 Å². The van der Waals surface area contributed by atoms with Crippen molar-refractivity contribution in [2.45, 2.75) is 209 Å². The molecule has 0 aliphatic heterocycles. The number of ether oxygens (including phenoxy) is 1. The number of nitriles is 1. The molecule has 520 valence electrons. The van der Waals surface area contributed by atoms with Gasteiger partial charge in [-0.1, -0.05) is 227 Å². The number of hydrogen-bond acceptors (Lipinski definition) is 3. The number of aromatic nitrogens is 4. The van der Waals surface area contributed by atoms with Crippen LogP contribution >= 0.6 is 0 Å². The average molecular weight is 1350 g/mol. The molecule has 0 spiro atoms. The second-order valence-electron chi connectivity index (χ2n) is 37.5. The minimum atomic E-state index is -0.425. The predicted octanol–water partition coefficient (Wildman–Crippen LogP) is 25.8. The maximum absolute atomic E-state index is 14.0. The van der Waals surface area contributed by atoms with Gasteiger partial charge >= 0.3 is 5.97 Å². The molecule has 14 rings (SSSR count). The van der Waals surface area contributed by atoms with E-state index in [-0.39, 0.29) is 43.3 Å². The second kappa shape index (κ2) is 23.2. The maximum Gasteiger partial charge on any atom is 0.337 e. The minimum absolute atomic E-state index is 0.188. The van der Waals surface area contributed by atoms with Crippen molar-refractivity contribution >= 4 is 93.2 Å². The highest BCUT2D eigenvalue weighted by atomic mass is 16.5. The molecule has 4 heterocycles. The first-order chi connectivity index (χ1) is 47.5. The fraction of sp³-hybridized carbons (Fsp3) is 0.347. The van der Waals surface area contributed by atoms with Crippen LogP contribution in [0.25, 0.3) is 121 Å². The van der Waals surface area contributed by atoms with Crippen molar-refractivity contribution in [2.75, 3.05) is 7.11 Å². The predicted molar refractivity (Wildman–Crippen MR) is 435 cm³/mol. The smallest absolute Gasteiger partial charge is 0.337 e. The number of fused-ring (bicyclic) bond motifs is 12. The summed E-state index contributed by atoms with van der Waals surface area (Å²) in [7, 11) is 1.45. The monoisotopic (exact) mass is 1350 g/mol. The molecule has 102 heavy (non-hydrogen) atoms. The zero-order valence-electron chi connectivity index (χ0n) is 65.2. The van der Waals surface area contributed by atoms with Crippen molar-refractivity contribution < 1.29 is 9.53 Å². The molecule has 0 unspecified atom stereocenters. The number of carbonyl (C=O) groups is 1. The van der Waals surface area contributed by atoms with Gasteiger partial charge in [0.1, 0.15) is 11.6 Å². The Morgan fingerprint density at radius 1 is 0.284 bits per heavy atom. The average Bonchev–Trinajstić information content (AvgIpc) is 1.47. The summed E-state index contributed by atoms with van der Waals surface area (Å²) in [4.78, 5) is 14.0. The Labute approximate surface area is 604 Å². The summed E-state index contributed by atoms with van der Waals surface area (Å²) in [6.07, 6.45) is 0. The Morgan fingerprint density at radius 2 is 0.471 bits per heavy atom. The van der Waals surface area contributed by atoms with Crippen molar-refractivity contribution in [3.05, 3.63) is 225 Å². The molecular formula is C95H103N5O2. The minimum Gasteiger partial charge on any atom is -0.465 e. The fourth-order valence-electron chi connectivity index (χ4n) is 15.6. The van der Waals surface area contributed by atoms with Crippen LogP contribution in [-0.2, 0) is 48.1 Å². The second-order valence-corrected chi connectivity index (χ2v) is 37.5. The Balaban J connectivity index is 1.38. The number of carbonyl (C=O) groups excluding carboxylic acids is 1. The van der Waals surface area contributed by atoms with Crippen molar-refractivity contribution in [2.24, 2.45) is 0 Å². The van der Waals surface area contributed by atoms with Gasteiger partial charge in [0, 0.05) is 48.7 Å². The van der Waals surface area contributed by atoms with Crippen LogP contribution in [0.2, 0.25) is 0 Å². The van der Waals surface area contributed by atoms with E-state index < -0.39 is 5.97 Å². The van der Waals surface area contributed by atoms with Crippen molar-refractivity contribution in [3.8, 4) is 39.9 Å². The van der Waals surface area contributed by atoms with Gasteiger partial charge in [-0.3, -0.25) is 0 Å². The summed E-state index contributed by atoms with van der Waals surface area (Å²) in [6.45, 7) is 55.1. The van der Waals surface area contributed by atoms with Crippen LogP contribution in [0.15, 0.2) is 170 Å². The molecule has 0 atom stereocenters. The first kappa shape index (κ1) is 69.4. The van der Waals surface area contributed by atoms with Gasteiger partial charge in [0.15, 0.2) is 0 Å². The molecule has 0 aliphatic carbocycles. The normalized spacial score (nSPS) is 13.4. The fourth-order valence-corrected chi connectivity index (χ4v) is 15.6. The van der Waals surface area contributed by atoms with Gasteiger partial charge < -0.3 is 23.0 Å². The van der Waals surface area contributed by atoms with Crippen LogP contribution in [0.4, 0.5) is 0 Å². The molecule has 14 aromatic rings. The van der Waals surface area contributed by atoms with Gasteiger partial charge in [-0.05, 0) is 203 Å². The van der Waals surface area contributed by atoms with Gasteiger partial charge in [0.25, 0.3) is 0 Å². The third-order valence-electron chi connectivity index (χ3n) is 22.0. The molecule has 4 aromatic heterocycles. The molecule has 7 nitrogen and oxygen atoms in total. The number of nitrogens with zero attached hydrogens (tertiary/aromatic N) is 5. The Morgan fingerprint density at radius 3 is 0.637 bits per heavy atom. The summed E-state index contributed by atoms with van der Waals surface area (Å²) in [5.41, 5.74) is 21.9. The van der Waals surface area contributed by atoms with E-state index in [2.05, 4.69) is 348 Å². The number of benzene rings is 10. The number of rotatable bonds is 6. The molecule has 7 heteroatoms. The SMILES string of the molecule is COC(=O)c1ccc(-c2c(-n3c4ccc(C(C)(C)C)cc4c4cc(C(C)(C)C)ccc43)c(-n3c4ccc(C(C)(C)C)cc4c4cc(C(C)(C)C)ccc43)c(C#N)c(-n3c4ccc(C(C)(C)C)cc4c4cc(C(C)(C)C)ccc43)c2-n2c3ccc(C(C)(C)C)cc3c3cc(C(C)(C)C)ccc32)cc1. The summed E-state index contributed by atoms with van der Waals surface area (Å²) in [5, 5.41) is 22.6. The van der Waals surface area contributed by atoms with Gasteiger partial charge in [-0.25, -0.2) is 4.79 Å². The summed E-state index contributed by atoms with van der Waals surface area (Å²) in [6, 6.07) is 67.8. The lowest BCUT2D eigenvalue weighted by molar-refractivity contribution is 0.0600. The van der Waals surface area contributed by atoms with E-state index >= 15 is 0 Å². The molecular weight excluding hydrogens is 1240 g/mol. The van der Waals surface area contributed by atoms with E-state index in [1.807, 2.05) is 12.1 Å². The summed E-state index contributed by atoms with van der Waals surface area (Å²) in [5.74, 6) is -0.425. The molecule has 0 saturated heterocycles. The van der Waals surface area contributed by atoms with E-state index in [1.165, 1.54) is 51.6 Å². The lowest BCUT2D eigenvalue weighted by Gasteiger charge is -2.30. The lowest BCUT2D eigenvalue weighted by Crippen LogP contribution is -2.17. The zero-order valence-corrected chi connectivity index (χ0v) is 65.2. The standard InChI is InChI=1S/C95H103N5O2/c1-88(2,3)57-30-38-74-65(46-57)66-47-58(89(4,5)6)31-39-75(66)97(74)83-73(54-96)84(98-76-40-32-59(90(7,8)9)48-67(76)68-49-60(91(10,11)12)33-41-77(68)98)86(100-80-44-36-63(94(19,20)21)52-71(80)72-53-64(95(22,23)24)37-45-81(72)100)82(55-26-28-56(29-27-55)87(101)102-25)85(83)99-78-42-34-61(92(13,14)15)50-69(78)70-51-62(93(16,17)18)35-43-79(70)99/h26-53H,1-25H3. The number of esters is 1. The maximum atomic E-state index is 14.0. The number of hydrogen-bond donors (Lipinski definition) is 0. The molecule has 0 fully saturated rings. The molecule has 0 aliphatic rings. The Kier molecular flexibility index (Phi) is 15.8. The van der Waals surface area contributed by atoms with Crippen LogP contribution in [0.1, 0.15) is 227 Å². The molecule has 0 saturated carbocycles. The highest BCUT2D eigenvalue weighted by molar-refractivity contribution is 6.18. The van der Waals surface area contributed by atoms with Crippen LogP contribution in [0.5, 0.6) is 0 Å². The first-order valence-electron chi connectivity index (χ1n) is 36.7. The van der Waals surface area contributed by atoms with E-state index in [4.69, 9.17) is 4.74 Å². The lowest BCUT2D eigenvalue weighted by atomic mass is 9.85. The van der Waals surface area contributed by atoms with Crippen LogP contribution in [0.3, 0.4) is 0 Å².